The van der Waals surface area contributed by atoms with Crippen LogP contribution in [0.5, 0.6) is 0 Å². The van der Waals surface area contributed by atoms with Crippen molar-refractivity contribution in [2.24, 2.45) is 11.3 Å². The lowest BCUT2D eigenvalue weighted by molar-refractivity contribution is -0.136. The molecule has 4 aliphatic rings. The molecule has 7 heteroatoms. The van der Waals surface area contributed by atoms with E-state index in [1.807, 2.05) is 9.80 Å². The first-order valence-electron chi connectivity index (χ1n) is 11.5. The third-order valence-corrected chi connectivity index (χ3v) is 7.65. The summed E-state index contributed by atoms with van der Waals surface area (Å²) in [6.07, 6.45) is 3.38. The molecule has 1 saturated carbocycles. The molecule has 4 rings (SSSR count). The largest absolute Gasteiger partial charge is 0.441 e. The predicted octanol–water partition coefficient (Wildman–Crippen LogP) is 1.87. The van der Waals surface area contributed by atoms with Crippen LogP contribution in [0, 0.1) is 11.3 Å². The molecule has 0 radical (unpaired) electrons. The van der Waals surface area contributed by atoms with Crippen molar-refractivity contribution < 1.29 is 14.3 Å². The summed E-state index contributed by atoms with van der Waals surface area (Å²) in [5.41, 5.74) is -0.203. The van der Waals surface area contributed by atoms with Crippen molar-refractivity contribution in [1.82, 2.24) is 19.6 Å². The third-order valence-electron chi connectivity index (χ3n) is 7.65. The fourth-order valence-electron chi connectivity index (χ4n) is 5.18. The van der Waals surface area contributed by atoms with Crippen LogP contribution >= 0.6 is 0 Å². The number of carbonyl (C=O) groups excluding carboxylic acids is 2. The second-order valence-electron chi connectivity index (χ2n) is 10.2. The quantitative estimate of drug-likeness (QED) is 0.674. The van der Waals surface area contributed by atoms with E-state index in [-0.39, 0.29) is 23.0 Å². The third kappa shape index (κ3) is 4.55. The molecule has 1 aliphatic carbocycles. The highest BCUT2D eigenvalue weighted by Crippen LogP contribution is 2.52. The van der Waals surface area contributed by atoms with E-state index >= 15 is 0 Å². The van der Waals surface area contributed by atoms with Crippen molar-refractivity contribution in [2.45, 2.75) is 52.1 Å². The summed E-state index contributed by atoms with van der Waals surface area (Å²) in [6, 6.07) is 0. The van der Waals surface area contributed by atoms with Crippen LogP contribution in [0.2, 0.25) is 0 Å². The summed E-state index contributed by atoms with van der Waals surface area (Å²) in [5, 5.41) is 0. The van der Waals surface area contributed by atoms with Gasteiger partial charge in [0.1, 0.15) is 5.60 Å². The second kappa shape index (κ2) is 8.06. The van der Waals surface area contributed by atoms with Gasteiger partial charge in [0, 0.05) is 64.6 Å². The lowest BCUT2D eigenvalue weighted by Crippen LogP contribution is -2.49. The molecule has 0 aromatic carbocycles. The zero-order chi connectivity index (χ0) is 20.6. The minimum atomic E-state index is -0.375. The first kappa shape index (κ1) is 20.9. The predicted molar refractivity (Wildman–Crippen MR) is 112 cm³/mol. The molecule has 3 aliphatic heterocycles. The molecule has 0 aromatic heterocycles. The highest BCUT2D eigenvalue weighted by atomic mass is 16.6. The van der Waals surface area contributed by atoms with E-state index in [2.05, 4.69) is 30.6 Å². The number of rotatable bonds is 6. The van der Waals surface area contributed by atoms with Gasteiger partial charge in [-0.25, -0.2) is 4.79 Å². The summed E-state index contributed by atoms with van der Waals surface area (Å²) in [6.45, 7) is 16.2. The molecular formula is C22H38N4O3. The Kier molecular flexibility index (Phi) is 5.81. The SMILES string of the molecule is CCN1CCN(CCCN2CC3(CCN(C(=O)[C@@H]4CC4(C)C)CC3)OC2=O)CC1. The van der Waals surface area contributed by atoms with Gasteiger partial charge in [-0.15, -0.1) is 0 Å². The summed E-state index contributed by atoms with van der Waals surface area (Å²) in [7, 11) is 0. The van der Waals surface area contributed by atoms with Crippen LogP contribution in [0.1, 0.15) is 46.5 Å². The van der Waals surface area contributed by atoms with E-state index in [4.69, 9.17) is 4.74 Å². The molecule has 0 unspecified atom stereocenters. The number of carbonyl (C=O) groups is 2. The minimum absolute atomic E-state index is 0.163. The minimum Gasteiger partial charge on any atom is -0.441 e. The first-order valence-corrected chi connectivity index (χ1v) is 11.5. The Morgan fingerprint density at radius 2 is 1.66 bits per heavy atom. The van der Waals surface area contributed by atoms with Crippen LogP contribution in [0.3, 0.4) is 0 Å². The Balaban J connectivity index is 1.19. The van der Waals surface area contributed by atoms with Crippen molar-refractivity contribution in [2.75, 3.05) is 65.4 Å². The van der Waals surface area contributed by atoms with Gasteiger partial charge < -0.3 is 24.3 Å². The fourth-order valence-corrected chi connectivity index (χ4v) is 5.18. The highest BCUT2D eigenvalue weighted by Gasteiger charge is 2.54. The second-order valence-corrected chi connectivity index (χ2v) is 10.2. The summed E-state index contributed by atoms with van der Waals surface area (Å²) in [4.78, 5) is 34.0. The maximum absolute atomic E-state index is 12.6. The molecule has 1 atom stereocenters. The monoisotopic (exact) mass is 406 g/mol. The molecule has 164 valence electrons. The van der Waals surface area contributed by atoms with E-state index in [0.717, 1.165) is 71.5 Å². The molecule has 3 saturated heterocycles. The Bertz CT molecular complexity index is 622. The summed E-state index contributed by atoms with van der Waals surface area (Å²) < 4.78 is 5.85. The van der Waals surface area contributed by atoms with Crippen LogP contribution in [-0.4, -0.2) is 103 Å². The number of nitrogens with zero attached hydrogens (tertiary/aromatic N) is 4. The lowest BCUT2D eigenvalue weighted by Gasteiger charge is -2.37. The number of likely N-dealkylation sites (N-methyl/N-ethyl adjacent to an activating group) is 1. The van der Waals surface area contributed by atoms with Crippen LogP contribution in [0.15, 0.2) is 0 Å². The zero-order valence-electron chi connectivity index (χ0n) is 18.5. The van der Waals surface area contributed by atoms with Crippen LogP contribution in [0.25, 0.3) is 0 Å². The van der Waals surface area contributed by atoms with Crippen molar-refractivity contribution >= 4 is 12.0 Å². The summed E-state index contributed by atoms with van der Waals surface area (Å²) >= 11 is 0. The maximum Gasteiger partial charge on any atom is 0.410 e. The Morgan fingerprint density at radius 3 is 2.24 bits per heavy atom. The Hall–Kier alpha value is -1.34. The van der Waals surface area contributed by atoms with Crippen LogP contribution in [-0.2, 0) is 9.53 Å². The van der Waals surface area contributed by atoms with Gasteiger partial charge in [0.2, 0.25) is 5.91 Å². The summed E-state index contributed by atoms with van der Waals surface area (Å²) in [5.74, 6) is 0.493. The van der Waals surface area contributed by atoms with Gasteiger partial charge in [-0.2, -0.15) is 0 Å². The molecule has 2 amide bonds. The molecule has 7 nitrogen and oxygen atoms in total. The number of hydrogen-bond donors (Lipinski definition) is 0. The van der Waals surface area contributed by atoms with Crippen LogP contribution < -0.4 is 0 Å². The first-order chi connectivity index (χ1) is 13.8. The molecule has 0 aromatic rings. The molecular weight excluding hydrogens is 368 g/mol. The standard InChI is InChI=1S/C22H38N4O3/c1-4-23-12-14-24(15-13-23)8-5-9-26-17-22(29-20(26)28)6-10-25(11-7-22)19(27)18-16-21(18,2)3/h18H,4-17H2,1-3H3/t18-/m0/s1. The Morgan fingerprint density at radius 1 is 1.03 bits per heavy atom. The van der Waals surface area contributed by atoms with Crippen molar-refractivity contribution in [3.05, 3.63) is 0 Å². The number of hydrogen-bond acceptors (Lipinski definition) is 5. The number of ether oxygens (including phenoxy) is 1. The molecule has 1 spiro atoms. The van der Waals surface area contributed by atoms with Gasteiger partial charge in [-0.3, -0.25) is 4.79 Å². The number of amides is 2. The lowest BCUT2D eigenvalue weighted by atomic mass is 9.91. The van der Waals surface area contributed by atoms with E-state index in [9.17, 15) is 9.59 Å². The topological polar surface area (TPSA) is 56.3 Å². The normalized spacial score (nSPS) is 29.3. The van der Waals surface area contributed by atoms with Gasteiger partial charge in [0.15, 0.2) is 0 Å². The highest BCUT2D eigenvalue weighted by molar-refractivity contribution is 5.82. The van der Waals surface area contributed by atoms with Crippen molar-refractivity contribution in [3.8, 4) is 0 Å². The molecule has 0 bridgehead atoms. The van der Waals surface area contributed by atoms with Gasteiger partial charge in [-0.1, -0.05) is 20.8 Å². The fraction of sp³-hybridized carbons (Fsp3) is 0.909. The van der Waals surface area contributed by atoms with Gasteiger partial charge >= 0.3 is 6.09 Å². The molecule has 4 fully saturated rings. The van der Waals surface area contributed by atoms with E-state index < -0.39 is 0 Å². The number of likely N-dealkylation sites (tertiary alicyclic amines) is 1. The number of piperazine rings is 1. The average molecular weight is 407 g/mol. The van der Waals surface area contributed by atoms with E-state index in [1.165, 1.54) is 0 Å². The smallest absolute Gasteiger partial charge is 0.410 e. The van der Waals surface area contributed by atoms with Gasteiger partial charge in [0.25, 0.3) is 0 Å². The van der Waals surface area contributed by atoms with Crippen LogP contribution in [0.4, 0.5) is 4.79 Å². The van der Waals surface area contributed by atoms with Gasteiger partial charge in [-0.05, 0) is 31.3 Å². The zero-order valence-corrected chi connectivity index (χ0v) is 18.5. The molecule has 29 heavy (non-hydrogen) atoms. The number of piperidine rings is 1. The van der Waals surface area contributed by atoms with Crippen molar-refractivity contribution in [1.29, 1.82) is 0 Å². The average Bonchev–Trinajstić information content (AvgIpc) is 3.24. The van der Waals surface area contributed by atoms with E-state index in [1.54, 1.807) is 0 Å². The van der Waals surface area contributed by atoms with E-state index in [0.29, 0.717) is 25.5 Å². The van der Waals surface area contributed by atoms with Crippen molar-refractivity contribution in [3.63, 3.8) is 0 Å². The molecule has 0 N–H and O–H groups in total. The Labute approximate surface area is 175 Å². The van der Waals surface area contributed by atoms with Gasteiger partial charge in [0.05, 0.1) is 6.54 Å². The molecule has 3 heterocycles. The maximum atomic E-state index is 12.6.